The van der Waals surface area contributed by atoms with Crippen molar-refractivity contribution in [2.75, 3.05) is 44.8 Å². The van der Waals surface area contributed by atoms with Gasteiger partial charge in [0, 0.05) is 53.1 Å². The Morgan fingerprint density at radius 1 is 1.22 bits per heavy atom. The van der Waals surface area contributed by atoms with Crippen molar-refractivity contribution < 1.29 is 14.3 Å². The van der Waals surface area contributed by atoms with E-state index in [4.69, 9.17) is 9.47 Å². The molecule has 3 heterocycles. The number of hydrogen-bond donors (Lipinski definition) is 1. The van der Waals surface area contributed by atoms with Crippen molar-refractivity contribution in [3.8, 4) is 0 Å². The largest absolute Gasteiger partial charge is 0.381 e. The van der Waals surface area contributed by atoms with Crippen LogP contribution in [0, 0.1) is 0 Å². The summed E-state index contributed by atoms with van der Waals surface area (Å²) < 4.78 is 13.1. The second kappa shape index (κ2) is 10.6. The zero-order chi connectivity index (χ0) is 22.3. The number of carbonyl (C=O) groups is 1. The average Bonchev–Trinajstić information content (AvgIpc) is 3.25. The lowest BCUT2D eigenvalue weighted by Gasteiger charge is -2.35. The number of ether oxygens (including phenoxy) is 2. The van der Waals surface area contributed by atoms with Crippen LogP contribution in [-0.2, 0) is 34.5 Å². The van der Waals surface area contributed by atoms with Gasteiger partial charge in [-0.3, -0.25) is 14.5 Å². The zero-order valence-electron chi connectivity index (χ0n) is 18.9. The van der Waals surface area contributed by atoms with Crippen LogP contribution in [0.5, 0.6) is 0 Å². The molecule has 1 aromatic carbocycles. The first-order valence-corrected chi connectivity index (χ1v) is 11.1. The highest BCUT2D eigenvalue weighted by atomic mass is 16.5. The Labute approximate surface area is 189 Å². The van der Waals surface area contributed by atoms with Crippen LogP contribution in [0.3, 0.4) is 0 Å². The zero-order valence-corrected chi connectivity index (χ0v) is 18.9. The van der Waals surface area contributed by atoms with Crippen molar-refractivity contribution in [3.63, 3.8) is 0 Å². The van der Waals surface area contributed by atoms with Gasteiger partial charge in [0.15, 0.2) is 5.96 Å². The number of aryl methyl sites for hydroxylation is 1. The van der Waals surface area contributed by atoms with Crippen LogP contribution in [0.4, 0.5) is 5.69 Å². The summed E-state index contributed by atoms with van der Waals surface area (Å²) in [6, 6.07) is 8.42. The summed E-state index contributed by atoms with van der Waals surface area (Å²) in [5, 5.41) is 7.54. The predicted molar refractivity (Wildman–Crippen MR) is 122 cm³/mol. The SMILES string of the molecule is CN=C(NCc1ccc(COC2CCOCC2)cc1)N1CCN(c2cnn(C)c2)C(=O)C1. The van der Waals surface area contributed by atoms with Crippen LogP contribution in [0.2, 0.25) is 0 Å². The number of nitrogens with zero attached hydrogens (tertiary/aromatic N) is 5. The average molecular weight is 441 g/mol. The topological polar surface area (TPSA) is 84.2 Å². The second-order valence-electron chi connectivity index (χ2n) is 8.18. The van der Waals surface area contributed by atoms with Gasteiger partial charge in [0.1, 0.15) is 6.54 Å². The van der Waals surface area contributed by atoms with Gasteiger partial charge in [0.25, 0.3) is 0 Å². The first-order valence-electron chi connectivity index (χ1n) is 11.1. The van der Waals surface area contributed by atoms with Gasteiger partial charge in [-0.05, 0) is 24.0 Å². The van der Waals surface area contributed by atoms with Crippen LogP contribution in [0.15, 0.2) is 41.7 Å². The maximum Gasteiger partial charge on any atom is 0.246 e. The molecule has 2 aromatic rings. The molecule has 0 unspecified atom stereocenters. The number of piperazine rings is 1. The minimum Gasteiger partial charge on any atom is -0.381 e. The molecule has 0 saturated carbocycles. The fourth-order valence-corrected chi connectivity index (χ4v) is 4.00. The first kappa shape index (κ1) is 22.3. The molecule has 0 radical (unpaired) electrons. The highest BCUT2D eigenvalue weighted by Crippen LogP contribution is 2.17. The van der Waals surface area contributed by atoms with Gasteiger partial charge in [-0.25, -0.2) is 0 Å². The van der Waals surface area contributed by atoms with Crippen LogP contribution >= 0.6 is 0 Å². The Morgan fingerprint density at radius 2 is 1.97 bits per heavy atom. The molecule has 0 aliphatic carbocycles. The number of guanidine groups is 1. The molecule has 4 rings (SSSR count). The van der Waals surface area contributed by atoms with Crippen molar-refractivity contribution >= 4 is 17.6 Å². The molecule has 0 spiro atoms. The van der Waals surface area contributed by atoms with Gasteiger partial charge in [-0.15, -0.1) is 0 Å². The van der Waals surface area contributed by atoms with E-state index < -0.39 is 0 Å². The fourth-order valence-electron chi connectivity index (χ4n) is 4.00. The highest BCUT2D eigenvalue weighted by Gasteiger charge is 2.27. The fraction of sp³-hybridized carbons (Fsp3) is 0.522. The third-order valence-electron chi connectivity index (χ3n) is 5.86. The molecule has 1 N–H and O–H groups in total. The van der Waals surface area contributed by atoms with Gasteiger partial charge in [-0.2, -0.15) is 5.10 Å². The van der Waals surface area contributed by atoms with Gasteiger partial charge >= 0.3 is 0 Å². The van der Waals surface area contributed by atoms with E-state index >= 15 is 0 Å². The molecule has 0 bridgehead atoms. The van der Waals surface area contributed by atoms with Crippen LogP contribution < -0.4 is 10.2 Å². The molecule has 0 atom stereocenters. The number of hydrogen-bond acceptors (Lipinski definition) is 5. The summed E-state index contributed by atoms with van der Waals surface area (Å²) >= 11 is 0. The Kier molecular flexibility index (Phi) is 7.39. The van der Waals surface area contributed by atoms with E-state index in [0.717, 1.165) is 43.3 Å². The number of aliphatic imine (C=N–C) groups is 1. The van der Waals surface area contributed by atoms with Crippen molar-refractivity contribution in [1.82, 2.24) is 20.0 Å². The molecule has 2 fully saturated rings. The van der Waals surface area contributed by atoms with E-state index in [1.54, 1.807) is 22.8 Å². The third kappa shape index (κ3) is 5.66. The van der Waals surface area contributed by atoms with Gasteiger partial charge in [0.05, 0.1) is 24.6 Å². The molecule has 1 amide bonds. The number of amides is 1. The first-order chi connectivity index (χ1) is 15.6. The molecule has 1 aromatic heterocycles. The molecular formula is C23H32N6O3. The predicted octanol–water partition coefficient (Wildman–Crippen LogP) is 1.54. The lowest BCUT2D eigenvalue weighted by molar-refractivity contribution is -0.120. The monoisotopic (exact) mass is 440 g/mol. The summed E-state index contributed by atoms with van der Waals surface area (Å²) in [6.07, 6.45) is 5.83. The Bertz CT molecular complexity index is 920. The van der Waals surface area contributed by atoms with Gasteiger partial charge in [-0.1, -0.05) is 24.3 Å². The van der Waals surface area contributed by atoms with Crippen LogP contribution in [0.1, 0.15) is 24.0 Å². The Hall–Kier alpha value is -2.91. The molecule has 9 nitrogen and oxygen atoms in total. The molecule has 2 aliphatic heterocycles. The summed E-state index contributed by atoms with van der Waals surface area (Å²) in [7, 11) is 3.60. The number of nitrogens with one attached hydrogen (secondary N) is 1. The molecule has 32 heavy (non-hydrogen) atoms. The number of rotatable bonds is 6. The minimum absolute atomic E-state index is 0.0427. The Morgan fingerprint density at radius 3 is 2.62 bits per heavy atom. The number of aromatic nitrogens is 2. The van der Waals surface area contributed by atoms with E-state index in [-0.39, 0.29) is 12.5 Å². The molecule has 9 heteroatoms. The van der Waals surface area contributed by atoms with E-state index in [2.05, 4.69) is 39.7 Å². The van der Waals surface area contributed by atoms with Gasteiger partial charge < -0.3 is 24.6 Å². The van der Waals surface area contributed by atoms with E-state index in [1.165, 1.54) is 5.56 Å². The lowest BCUT2D eigenvalue weighted by Crippen LogP contribution is -2.55. The third-order valence-corrected chi connectivity index (χ3v) is 5.86. The molecule has 2 saturated heterocycles. The number of anilines is 1. The van der Waals surface area contributed by atoms with Crippen molar-refractivity contribution in [3.05, 3.63) is 47.8 Å². The smallest absolute Gasteiger partial charge is 0.246 e. The quantitative estimate of drug-likeness (QED) is 0.542. The maximum absolute atomic E-state index is 12.7. The van der Waals surface area contributed by atoms with Crippen molar-refractivity contribution in [2.24, 2.45) is 12.0 Å². The van der Waals surface area contributed by atoms with Crippen molar-refractivity contribution in [1.29, 1.82) is 0 Å². The van der Waals surface area contributed by atoms with Crippen LogP contribution in [0.25, 0.3) is 0 Å². The summed E-state index contributed by atoms with van der Waals surface area (Å²) in [6.45, 7) is 4.46. The molecular weight excluding hydrogens is 408 g/mol. The van der Waals surface area contributed by atoms with Gasteiger partial charge in [0.2, 0.25) is 5.91 Å². The minimum atomic E-state index is 0.0427. The van der Waals surface area contributed by atoms with Crippen molar-refractivity contribution in [2.45, 2.75) is 32.1 Å². The summed E-state index contributed by atoms with van der Waals surface area (Å²) in [5.41, 5.74) is 3.16. The standard InChI is InChI=1S/C23H32N6O3/c1-24-23(28-9-10-29(22(30)16-28)20-14-26-27(2)15-20)25-13-18-3-5-19(6-4-18)17-32-21-7-11-31-12-8-21/h3-6,14-15,21H,7-13,16-17H2,1-2H3,(H,24,25). The van der Waals surface area contributed by atoms with E-state index in [0.29, 0.717) is 32.3 Å². The maximum atomic E-state index is 12.7. The number of carbonyl (C=O) groups excluding carboxylic acids is 1. The lowest BCUT2D eigenvalue weighted by atomic mass is 10.1. The van der Waals surface area contributed by atoms with E-state index in [9.17, 15) is 4.79 Å². The highest BCUT2D eigenvalue weighted by molar-refractivity contribution is 5.98. The summed E-state index contributed by atoms with van der Waals surface area (Å²) in [4.78, 5) is 20.8. The Balaban J connectivity index is 1.25. The normalized spacial score (nSPS) is 18.3. The van der Waals surface area contributed by atoms with E-state index in [1.807, 2.05) is 18.1 Å². The summed E-state index contributed by atoms with van der Waals surface area (Å²) in [5.74, 6) is 0.775. The number of benzene rings is 1. The molecule has 2 aliphatic rings. The molecule has 172 valence electrons. The van der Waals surface area contributed by atoms with Crippen LogP contribution in [-0.4, -0.2) is 72.5 Å². The second-order valence-corrected chi connectivity index (χ2v) is 8.18.